The minimum Gasteiger partial charge on any atom is -0.461 e. The average molecular weight is 385 g/mol. The van der Waals surface area contributed by atoms with E-state index < -0.39 is 6.09 Å². The molecule has 3 aromatic carbocycles. The van der Waals surface area contributed by atoms with Crippen LogP contribution in [-0.2, 0) is 0 Å². The summed E-state index contributed by atoms with van der Waals surface area (Å²) in [7, 11) is 0. The SMILES string of the molecule is CC(=O)c1c(C)oc2ccc(OC(=O)N(c3ccccc3)c3ccccc3)cc12. The summed E-state index contributed by atoms with van der Waals surface area (Å²) < 4.78 is 11.3. The Morgan fingerprint density at radius 2 is 1.45 bits per heavy atom. The van der Waals surface area contributed by atoms with Gasteiger partial charge < -0.3 is 9.15 Å². The first-order chi connectivity index (χ1) is 14.0. The van der Waals surface area contributed by atoms with E-state index in [0.29, 0.717) is 39.4 Å². The van der Waals surface area contributed by atoms with Gasteiger partial charge in [0.2, 0.25) is 0 Å². The minimum atomic E-state index is -0.550. The fourth-order valence-electron chi connectivity index (χ4n) is 3.36. The van der Waals surface area contributed by atoms with Crippen LogP contribution in [0.1, 0.15) is 23.0 Å². The highest BCUT2D eigenvalue weighted by Gasteiger charge is 2.21. The number of ether oxygens (including phenoxy) is 1. The van der Waals surface area contributed by atoms with Crippen molar-refractivity contribution in [3.63, 3.8) is 0 Å². The Balaban J connectivity index is 1.71. The Hall–Kier alpha value is -3.86. The van der Waals surface area contributed by atoms with Crippen LogP contribution in [0.4, 0.5) is 16.2 Å². The molecule has 29 heavy (non-hydrogen) atoms. The number of rotatable bonds is 4. The van der Waals surface area contributed by atoms with Crippen LogP contribution in [0, 0.1) is 6.92 Å². The third kappa shape index (κ3) is 3.62. The summed E-state index contributed by atoms with van der Waals surface area (Å²) in [6.07, 6.45) is -0.550. The fraction of sp³-hybridized carbons (Fsp3) is 0.0833. The van der Waals surface area contributed by atoms with Crippen molar-refractivity contribution in [1.29, 1.82) is 0 Å². The largest absolute Gasteiger partial charge is 0.461 e. The molecule has 0 bridgehead atoms. The van der Waals surface area contributed by atoms with E-state index >= 15 is 0 Å². The molecule has 5 nitrogen and oxygen atoms in total. The Labute approximate surface area is 168 Å². The van der Waals surface area contributed by atoms with Crippen LogP contribution in [0.2, 0.25) is 0 Å². The first-order valence-corrected chi connectivity index (χ1v) is 9.20. The van der Waals surface area contributed by atoms with Crippen LogP contribution in [0.5, 0.6) is 5.75 Å². The molecule has 0 saturated carbocycles. The van der Waals surface area contributed by atoms with Gasteiger partial charge in [0.1, 0.15) is 17.1 Å². The molecule has 0 N–H and O–H groups in total. The molecule has 0 spiro atoms. The molecule has 144 valence electrons. The highest BCUT2D eigenvalue weighted by atomic mass is 16.6. The first-order valence-electron chi connectivity index (χ1n) is 9.20. The van der Waals surface area contributed by atoms with E-state index in [1.54, 1.807) is 25.1 Å². The molecular formula is C24H19NO4. The van der Waals surface area contributed by atoms with E-state index in [0.717, 1.165) is 0 Å². The Kier molecular flexibility index (Phi) is 4.87. The zero-order valence-electron chi connectivity index (χ0n) is 16.1. The first kappa shape index (κ1) is 18.5. The van der Waals surface area contributed by atoms with Gasteiger partial charge in [-0.05, 0) is 56.3 Å². The van der Waals surface area contributed by atoms with Gasteiger partial charge >= 0.3 is 6.09 Å². The summed E-state index contributed by atoms with van der Waals surface area (Å²) in [5, 5.41) is 0.631. The lowest BCUT2D eigenvalue weighted by molar-refractivity contribution is 0.101. The molecule has 0 saturated heterocycles. The predicted molar refractivity (Wildman–Crippen MR) is 112 cm³/mol. The standard InChI is InChI=1S/C24H19NO4/c1-16(26)23-17(2)28-22-14-13-20(15-21(22)23)29-24(27)25(18-9-5-3-6-10-18)19-11-7-4-8-12-19/h3-15H,1-2H3. The number of ketones is 1. The number of aryl methyl sites for hydroxylation is 1. The predicted octanol–water partition coefficient (Wildman–Crippen LogP) is 6.28. The second kappa shape index (κ2) is 7.64. The molecule has 1 amide bonds. The van der Waals surface area contributed by atoms with Crippen molar-refractivity contribution in [3.05, 3.63) is 90.2 Å². The molecule has 0 unspecified atom stereocenters. The zero-order chi connectivity index (χ0) is 20.4. The van der Waals surface area contributed by atoms with Gasteiger partial charge in [0.15, 0.2) is 5.78 Å². The van der Waals surface area contributed by atoms with Crippen molar-refractivity contribution in [3.8, 4) is 5.75 Å². The summed E-state index contributed by atoms with van der Waals surface area (Å²) in [6.45, 7) is 3.23. The second-order valence-electron chi connectivity index (χ2n) is 6.62. The van der Waals surface area contributed by atoms with Crippen molar-refractivity contribution >= 4 is 34.2 Å². The molecule has 0 atom stereocenters. The molecule has 4 rings (SSSR count). The van der Waals surface area contributed by atoms with Gasteiger partial charge in [0.05, 0.1) is 16.9 Å². The third-order valence-corrected chi connectivity index (χ3v) is 4.60. The normalized spacial score (nSPS) is 10.7. The van der Waals surface area contributed by atoms with Gasteiger partial charge in [0, 0.05) is 5.39 Å². The third-order valence-electron chi connectivity index (χ3n) is 4.60. The number of furan rings is 1. The lowest BCUT2D eigenvalue weighted by Gasteiger charge is -2.22. The Bertz CT molecular complexity index is 1140. The van der Waals surface area contributed by atoms with Crippen molar-refractivity contribution in [2.24, 2.45) is 0 Å². The van der Waals surface area contributed by atoms with Gasteiger partial charge in [-0.15, -0.1) is 0 Å². The van der Waals surface area contributed by atoms with Crippen LogP contribution in [0.3, 0.4) is 0 Å². The topological polar surface area (TPSA) is 59.8 Å². The van der Waals surface area contributed by atoms with E-state index in [-0.39, 0.29) is 5.78 Å². The van der Waals surface area contributed by atoms with Crippen LogP contribution >= 0.6 is 0 Å². The second-order valence-corrected chi connectivity index (χ2v) is 6.62. The number of benzene rings is 3. The number of carbonyl (C=O) groups is 2. The van der Waals surface area contributed by atoms with E-state index in [4.69, 9.17) is 9.15 Å². The molecule has 4 aromatic rings. The molecule has 5 heteroatoms. The summed E-state index contributed by atoms with van der Waals surface area (Å²) in [5.74, 6) is 0.786. The van der Waals surface area contributed by atoms with E-state index in [1.165, 1.54) is 11.8 Å². The number of carbonyl (C=O) groups excluding carboxylic acids is 2. The Morgan fingerprint density at radius 1 is 0.862 bits per heavy atom. The molecule has 1 heterocycles. The van der Waals surface area contributed by atoms with E-state index in [9.17, 15) is 9.59 Å². The van der Waals surface area contributed by atoms with Crippen molar-refractivity contribution < 1.29 is 18.7 Å². The van der Waals surface area contributed by atoms with Crippen molar-refractivity contribution in [2.45, 2.75) is 13.8 Å². The zero-order valence-corrected chi connectivity index (χ0v) is 16.1. The maximum absolute atomic E-state index is 13.1. The fourth-order valence-corrected chi connectivity index (χ4v) is 3.36. The van der Waals surface area contributed by atoms with Crippen LogP contribution in [0.25, 0.3) is 11.0 Å². The molecular weight excluding hydrogens is 366 g/mol. The quantitative estimate of drug-likeness (QED) is 0.388. The number of hydrogen-bond acceptors (Lipinski definition) is 4. The van der Waals surface area contributed by atoms with Gasteiger partial charge in [-0.2, -0.15) is 0 Å². The molecule has 0 radical (unpaired) electrons. The highest BCUT2D eigenvalue weighted by Crippen LogP contribution is 2.31. The highest BCUT2D eigenvalue weighted by molar-refractivity contribution is 6.07. The molecule has 1 aromatic heterocycles. The lowest BCUT2D eigenvalue weighted by atomic mass is 10.1. The number of anilines is 2. The summed E-state index contributed by atoms with van der Waals surface area (Å²) >= 11 is 0. The maximum atomic E-state index is 13.1. The van der Waals surface area contributed by atoms with Crippen LogP contribution in [0.15, 0.2) is 83.3 Å². The number of para-hydroxylation sites is 2. The van der Waals surface area contributed by atoms with E-state index in [2.05, 4.69) is 0 Å². The van der Waals surface area contributed by atoms with Crippen LogP contribution < -0.4 is 9.64 Å². The van der Waals surface area contributed by atoms with E-state index in [1.807, 2.05) is 60.7 Å². The van der Waals surface area contributed by atoms with Crippen molar-refractivity contribution in [1.82, 2.24) is 0 Å². The molecule has 0 aliphatic heterocycles. The number of fused-ring (bicyclic) bond motifs is 1. The number of Topliss-reactive ketones (excluding diaryl/α,β-unsaturated/α-hetero) is 1. The van der Waals surface area contributed by atoms with Crippen molar-refractivity contribution in [2.75, 3.05) is 4.90 Å². The van der Waals surface area contributed by atoms with Crippen LogP contribution in [-0.4, -0.2) is 11.9 Å². The number of amides is 1. The average Bonchev–Trinajstić information content (AvgIpc) is 3.05. The summed E-state index contributed by atoms with van der Waals surface area (Å²) in [4.78, 5) is 26.6. The molecule has 0 aliphatic rings. The number of hydrogen-bond donors (Lipinski definition) is 0. The smallest absolute Gasteiger partial charge is 0.424 e. The van der Waals surface area contributed by atoms with Gasteiger partial charge in [-0.25, -0.2) is 9.69 Å². The summed E-state index contributed by atoms with van der Waals surface area (Å²) in [6, 6.07) is 23.6. The minimum absolute atomic E-state index is 0.0973. The van der Waals surface area contributed by atoms with Gasteiger partial charge in [-0.3, -0.25) is 4.79 Å². The number of nitrogens with zero attached hydrogens (tertiary/aromatic N) is 1. The monoisotopic (exact) mass is 385 g/mol. The summed E-state index contributed by atoms with van der Waals surface area (Å²) in [5.41, 5.74) is 2.46. The molecule has 0 aliphatic carbocycles. The van der Waals surface area contributed by atoms with Gasteiger partial charge in [0.25, 0.3) is 0 Å². The van der Waals surface area contributed by atoms with Gasteiger partial charge in [-0.1, -0.05) is 36.4 Å². The maximum Gasteiger partial charge on any atom is 0.424 e. The Morgan fingerprint density at radius 3 is 2.00 bits per heavy atom. The lowest BCUT2D eigenvalue weighted by Crippen LogP contribution is -2.29. The molecule has 0 fully saturated rings.